The lowest BCUT2D eigenvalue weighted by Gasteiger charge is -2.33. The molecule has 0 saturated carbocycles. The number of nitrogens with zero attached hydrogens (tertiary/aromatic N) is 1. The molecule has 0 unspecified atom stereocenters. The van der Waals surface area contributed by atoms with E-state index in [4.69, 9.17) is 9.47 Å². The summed E-state index contributed by atoms with van der Waals surface area (Å²) in [6.45, 7) is 6.97. The van der Waals surface area contributed by atoms with E-state index in [9.17, 15) is 4.79 Å². The molecule has 6 heteroatoms. The van der Waals surface area contributed by atoms with E-state index in [0.717, 1.165) is 34.0 Å². The highest BCUT2D eigenvalue weighted by molar-refractivity contribution is 9.10. The summed E-state index contributed by atoms with van der Waals surface area (Å²) < 4.78 is 12.7. The molecule has 1 aliphatic heterocycles. The molecule has 1 saturated heterocycles. The lowest BCUT2D eigenvalue weighted by molar-refractivity contribution is 0.0127. The first-order chi connectivity index (χ1) is 11.3. The summed E-state index contributed by atoms with van der Waals surface area (Å²) in [4.78, 5) is 17.1. The Morgan fingerprint density at radius 3 is 2.62 bits per heavy atom. The van der Waals surface area contributed by atoms with Crippen LogP contribution in [0.3, 0.4) is 0 Å². The number of aromatic amines is 1. The fourth-order valence-electron chi connectivity index (χ4n) is 2.85. The van der Waals surface area contributed by atoms with Gasteiger partial charge in [-0.3, -0.25) is 0 Å². The van der Waals surface area contributed by atoms with Crippen molar-refractivity contribution in [3.63, 3.8) is 0 Å². The fourth-order valence-corrected chi connectivity index (χ4v) is 3.32. The van der Waals surface area contributed by atoms with Gasteiger partial charge in [0.1, 0.15) is 17.5 Å². The Kier molecular flexibility index (Phi) is 4.76. The number of benzene rings is 1. The number of hydrogen-bond donors (Lipinski definition) is 1. The van der Waals surface area contributed by atoms with Gasteiger partial charge < -0.3 is 19.4 Å². The van der Waals surface area contributed by atoms with E-state index in [2.05, 4.69) is 20.9 Å². The smallest absolute Gasteiger partial charge is 0.410 e. The third-order valence-corrected chi connectivity index (χ3v) is 4.71. The molecule has 5 nitrogen and oxygen atoms in total. The Hall–Kier alpha value is -1.69. The zero-order valence-corrected chi connectivity index (χ0v) is 15.9. The highest BCUT2D eigenvalue weighted by Gasteiger charge is 2.28. The van der Waals surface area contributed by atoms with E-state index in [-0.39, 0.29) is 12.2 Å². The number of rotatable bonds is 2. The van der Waals surface area contributed by atoms with Crippen molar-refractivity contribution in [3.05, 3.63) is 28.9 Å². The predicted molar refractivity (Wildman–Crippen MR) is 97.5 cm³/mol. The second kappa shape index (κ2) is 6.67. The highest BCUT2D eigenvalue weighted by atomic mass is 79.9. The number of piperidine rings is 1. The number of H-pyrrole nitrogens is 1. The minimum atomic E-state index is -0.457. The van der Waals surface area contributed by atoms with Crippen LogP contribution < -0.4 is 4.74 Å². The van der Waals surface area contributed by atoms with E-state index < -0.39 is 5.60 Å². The van der Waals surface area contributed by atoms with Crippen LogP contribution in [-0.2, 0) is 4.74 Å². The molecule has 1 N–H and O–H groups in total. The topological polar surface area (TPSA) is 54.6 Å². The van der Waals surface area contributed by atoms with Crippen LogP contribution in [0.4, 0.5) is 4.79 Å². The van der Waals surface area contributed by atoms with Gasteiger partial charge in [0, 0.05) is 42.0 Å². The highest BCUT2D eigenvalue weighted by Crippen LogP contribution is 2.32. The van der Waals surface area contributed by atoms with Crippen molar-refractivity contribution in [2.24, 2.45) is 0 Å². The van der Waals surface area contributed by atoms with Crippen LogP contribution in [0.2, 0.25) is 0 Å². The summed E-state index contributed by atoms with van der Waals surface area (Å²) in [5.41, 5.74) is 0.542. The summed E-state index contributed by atoms with van der Waals surface area (Å²) in [7, 11) is 0. The molecule has 3 rings (SSSR count). The van der Waals surface area contributed by atoms with Crippen LogP contribution in [0.25, 0.3) is 10.9 Å². The van der Waals surface area contributed by atoms with Gasteiger partial charge in [-0.1, -0.05) is 15.9 Å². The number of fused-ring (bicyclic) bond motifs is 1. The Morgan fingerprint density at radius 2 is 1.96 bits per heavy atom. The average Bonchev–Trinajstić information content (AvgIpc) is 3.00. The van der Waals surface area contributed by atoms with Gasteiger partial charge in [-0.25, -0.2) is 4.79 Å². The summed E-state index contributed by atoms with van der Waals surface area (Å²) in [6.07, 6.45) is 3.38. The van der Waals surface area contributed by atoms with Gasteiger partial charge in [-0.05, 0) is 39.0 Å². The number of likely N-dealkylation sites (tertiary alicyclic amines) is 1. The Balaban J connectivity index is 1.60. The molecule has 0 aliphatic carbocycles. The quantitative estimate of drug-likeness (QED) is 0.802. The predicted octanol–water partition coefficient (Wildman–Crippen LogP) is 4.71. The number of aromatic nitrogens is 1. The maximum atomic E-state index is 12.1. The zero-order chi connectivity index (χ0) is 17.3. The third kappa shape index (κ3) is 3.86. The van der Waals surface area contributed by atoms with Gasteiger partial charge in [0.2, 0.25) is 0 Å². The van der Waals surface area contributed by atoms with E-state index in [1.54, 1.807) is 4.90 Å². The first-order valence-corrected chi connectivity index (χ1v) is 9.03. The molecule has 1 fully saturated rings. The van der Waals surface area contributed by atoms with E-state index in [1.807, 2.05) is 45.2 Å². The summed E-state index contributed by atoms with van der Waals surface area (Å²) in [5.74, 6) is 0.855. The number of carbonyl (C=O) groups excluding carboxylic acids is 1. The van der Waals surface area contributed by atoms with Crippen LogP contribution in [0.1, 0.15) is 33.6 Å². The van der Waals surface area contributed by atoms with Crippen molar-refractivity contribution in [2.45, 2.75) is 45.3 Å². The molecular formula is C18H23BrN2O3. The van der Waals surface area contributed by atoms with Crippen LogP contribution in [0.5, 0.6) is 5.75 Å². The van der Waals surface area contributed by atoms with Crippen molar-refractivity contribution in [1.29, 1.82) is 0 Å². The Bertz CT molecular complexity index is 727. The monoisotopic (exact) mass is 394 g/mol. The van der Waals surface area contributed by atoms with Gasteiger partial charge in [0.15, 0.2) is 0 Å². The maximum absolute atomic E-state index is 12.1. The molecule has 0 radical (unpaired) electrons. The molecule has 1 aromatic carbocycles. The number of ether oxygens (including phenoxy) is 2. The minimum absolute atomic E-state index is 0.108. The van der Waals surface area contributed by atoms with Crippen molar-refractivity contribution in [1.82, 2.24) is 9.88 Å². The Labute approximate surface area is 150 Å². The van der Waals surface area contributed by atoms with Crippen molar-refractivity contribution >= 4 is 32.9 Å². The molecule has 1 amide bonds. The standard InChI is InChI=1S/C18H23BrN2O3/c1-18(2,3)24-17(22)21-10-7-12(8-11-21)23-15-5-4-14(19)13-6-9-20-16(13)15/h4-6,9,12,20H,7-8,10-11H2,1-3H3. The van der Waals surface area contributed by atoms with Crippen molar-refractivity contribution in [3.8, 4) is 5.75 Å². The molecule has 1 aromatic heterocycles. The first-order valence-electron chi connectivity index (χ1n) is 8.24. The molecule has 130 valence electrons. The molecule has 0 atom stereocenters. The second-order valence-corrected chi connectivity index (χ2v) is 7.95. The molecule has 0 bridgehead atoms. The van der Waals surface area contributed by atoms with Crippen molar-refractivity contribution in [2.75, 3.05) is 13.1 Å². The van der Waals surface area contributed by atoms with Crippen molar-refractivity contribution < 1.29 is 14.3 Å². The van der Waals surface area contributed by atoms with E-state index >= 15 is 0 Å². The third-order valence-electron chi connectivity index (χ3n) is 4.02. The first kappa shape index (κ1) is 17.1. The van der Waals surface area contributed by atoms with Crippen LogP contribution in [0, 0.1) is 0 Å². The van der Waals surface area contributed by atoms with Crippen LogP contribution >= 0.6 is 15.9 Å². The minimum Gasteiger partial charge on any atom is -0.488 e. The maximum Gasteiger partial charge on any atom is 0.410 e. The molecule has 2 aromatic rings. The van der Waals surface area contributed by atoms with Gasteiger partial charge >= 0.3 is 6.09 Å². The largest absolute Gasteiger partial charge is 0.488 e. The van der Waals surface area contributed by atoms with Gasteiger partial charge in [0.25, 0.3) is 0 Å². The normalized spacial score (nSPS) is 16.4. The Morgan fingerprint density at radius 1 is 1.25 bits per heavy atom. The molecule has 0 spiro atoms. The SMILES string of the molecule is CC(C)(C)OC(=O)N1CCC(Oc2ccc(Br)c3cc[nH]c23)CC1. The lowest BCUT2D eigenvalue weighted by atomic mass is 10.1. The van der Waals surface area contributed by atoms with E-state index in [1.165, 1.54) is 0 Å². The summed E-state index contributed by atoms with van der Waals surface area (Å²) >= 11 is 3.55. The number of hydrogen-bond acceptors (Lipinski definition) is 3. The van der Waals surface area contributed by atoms with Gasteiger partial charge in [-0.2, -0.15) is 0 Å². The number of carbonyl (C=O) groups is 1. The number of halogens is 1. The number of nitrogens with one attached hydrogen (secondary N) is 1. The molecule has 1 aliphatic rings. The second-order valence-electron chi connectivity index (χ2n) is 7.10. The van der Waals surface area contributed by atoms with Crippen LogP contribution in [0.15, 0.2) is 28.9 Å². The average molecular weight is 395 g/mol. The van der Waals surface area contributed by atoms with Gasteiger partial charge in [0.05, 0.1) is 5.52 Å². The number of amides is 1. The zero-order valence-electron chi connectivity index (χ0n) is 14.3. The summed E-state index contributed by atoms with van der Waals surface area (Å²) in [6, 6.07) is 6.00. The lowest BCUT2D eigenvalue weighted by Crippen LogP contribution is -2.44. The van der Waals surface area contributed by atoms with E-state index in [0.29, 0.717) is 13.1 Å². The fraction of sp³-hybridized carbons (Fsp3) is 0.500. The molecule has 2 heterocycles. The molecular weight excluding hydrogens is 372 g/mol. The van der Waals surface area contributed by atoms with Gasteiger partial charge in [-0.15, -0.1) is 0 Å². The summed E-state index contributed by atoms with van der Waals surface area (Å²) in [5, 5.41) is 1.11. The molecule has 24 heavy (non-hydrogen) atoms. The van der Waals surface area contributed by atoms with Crippen LogP contribution in [-0.4, -0.2) is 40.8 Å².